The maximum atomic E-state index is 13.4. The van der Waals surface area contributed by atoms with Crippen molar-refractivity contribution >= 4 is 29.2 Å². The van der Waals surface area contributed by atoms with E-state index in [0.717, 1.165) is 35.4 Å². The van der Waals surface area contributed by atoms with Gasteiger partial charge in [-0.3, -0.25) is 9.69 Å². The molecule has 31 heavy (non-hydrogen) atoms. The van der Waals surface area contributed by atoms with Crippen molar-refractivity contribution in [2.24, 2.45) is 5.92 Å². The van der Waals surface area contributed by atoms with Gasteiger partial charge in [-0.2, -0.15) is 0 Å². The molecule has 2 aliphatic rings. The van der Waals surface area contributed by atoms with Crippen LogP contribution in [0.4, 0.5) is 10.5 Å². The van der Waals surface area contributed by atoms with Crippen LogP contribution in [0.1, 0.15) is 30.9 Å². The molecule has 2 aromatic rings. The standard InChI is InChI=1S/C24H28ClN3O3/c1-16-9-10-22-21(12-16)28(14-17(2)31-22)24(30)27-11-5-7-19(15-27)23(29)26-13-18-6-3-4-8-20(18)25/h3-4,6,8-10,12,17,19H,5,7,11,13-15H2,1-2H3,(H,26,29)/t17-,19-/m0/s1. The number of urea groups is 1. The van der Waals surface area contributed by atoms with Crippen molar-refractivity contribution in [2.75, 3.05) is 24.5 Å². The highest BCUT2D eigenvalue weighted by atomic mass is 35.5. The third kappa shape index (κ3) is 4.79. The Balaban J connectivity index is 1.43. The average Bonchev–Trinajstić information content (AvgIpc) is 2.77. The number of piperidine rings is 1. The molecule has 2 aromatic carbocycles. The number of amides is 3. The van der Waals surface area contributed by atoms with E-state index in [2.05, 4.69) is 5.32 Å². The minimum absolute atomic E-state index is 0.0380. The fourth-order valence-corrected chi connectivity index (χ4v) is 4.44. The van der Waals surface area contributed by atoms with Crippen molar-refractivity contribution in [3.05, 3.63) is 58.6 Å². The Morgan fingerprint density at radius 2 is 2.00 bits per heavy atom. The maximum Gasteiger partial charge on any atom is 0.324 e. The molecule has 1 N–H and O–H groups in total. The molecular formula is C24H28ClN3O3. The van der Waals surface area contributed by atoms with Crippen molar-refractivity contribution in [1.29, 1.82) is 0 Å². The van der Waals surface area contributed by atoms with E-state index in [0.29, 0.717) is 31.2 Å². The number of anilines is 1. The molecule has 6 nitrogen and oxygen atoms in total. The van der Waals surface area contributed by atoms with Crippen LogP contribution in [0, 0.1) is 12.8 Å². The first-order chi connectivity index (χ1) is 14.9. The Labute approximate surface area is 188 Å². The summed E-state index contributed by atoms with van der Waals surface area (Å²) in [5, 5.41) is 3.62. The summed E-state index contributed by atoms with van der Waals surface area (Å²) in [5.74, 6) is 0.461. The molecule has 0 aromatic heterocycles. The van der Waals surface area contributed by atoms with Gasteiger partial charge in [-0.15, -0.1) is 0 Å². The van der Waals surface area contributed by atoms with Gasteiger partial charge in [0.2, 0.25) is 5.91 Å². The van der Waals surface area contributed by atoms with Crippen LogP contribution in [-0.2, 0) is 11.3 Å². The summed E-state index contributed by atoms with van der Waals surface area (Å²) in [6, 6.07) is 13.3. The third-order valence-electron chi connectivity index (χ3n) is 5.88. The predicted molar refractivity (Wildman–Crippen MR) is 122 cm³/mol. The lowest BCUT2D eigenvalue weighted by Gasteiger charge is -2.39. The van der Waals surface area contributed by atoms with E-state index in [9.17, 15) is 9.59 Å². The van der Waals surface area contributed by atoms with Crippen LogP contribution < -0.4 is 15.0 Å². The highest BCUT2D eigenvalue weighted by Gasteiger charge is 2.34. The molecule has 1 fully saturated rings. The van der Waals surface area contributed by atoms with Gasteiger partial charge in [0.25, 0.3) is 0 Å². The lowest BCUT2D eigenvalue weighted by molar-refractivity contribution is -0.126. The smallest absolute Gasteiger partial charge is 0.324 e. The van der Waals surface area contributed by atoms with Crippen LogP contribution in [-0.4, -0.2) is 42.6 Å². The summed E-state index contributed by atoms with van der Waals surface area (Å²) in [7, 11) is 0. The van der Waals surface area contributed by atoms with Gasteiger partial charge < -0.3 is 15.0 Å². The first-order valence-electron chi connectivity index (χ1n) is 10.8. The van der Waals surface area contributed by atoms with Crippen LogP contribution >= 0.6 is 11.6 Å². The molecule has 1 saturated heterocycles. The van der Waals surface area contributed by atoms with E-state index in [-0.39, 0.29) is 24.0 Å². The summed E-state index contributed by atoms with van der Waals surface area (Å²) in [6.45, 7) is 5.91. The summed E-state index contributed by atoms with van der Waals surface area (Å²) in [4.78, 5) is 29.8. The van der Waals surface area contributed by atoms with Gasteiger partial charge in [0.1, 0.15) is 11.9 Å². The van der Waals surface area contributed by atoms with E-state index in [4.69, 9.17) is 16.3 Å². The first-order valence-corrected chi connectivity index (χ1v) is 11.1. The number of rotatable bonds is 3. The Kier molecular flexibility index (Phi) is 6.37. The minimum atomic E-state index is -0.226. The predicted octanol–water partition coefficient (Wildman–Crippen LogP) is 4.38. The number of ether oxygens (including phenoxy) is 1. The van der Waals surface area contributed by atoms with Crippen LogP contribution in [0.25, 0.3) is 0 Å². The van der Waals surface area contributed by atoms with E-state index in [1.165, 1.54) is 0 Å². The van der Waals surface area contributed by atoms with Gasteiger partial charge in [0.15, 0.2) is 0 Å². The lowest BCUT2D eigenvalue weighted by Crippen LogP contribution is -2.53. The molecule has 0 radical (unpaired) electrons. The second-order valence-corrected chi connectivity index (χ2v) is 8.79. The van der Waals surface area contributed by atoms with Gasteiger partial charge >= 0.3 is 6.03 Å². The number of benzene rings is 2. The number of halogens is 1. The number of hydrogen-bond donors (Lipinski definition) is 1. The van der Waals surface area contributed by atoms with Crippen molar-refractivity contribution in [3.8, 4) is 5.75 Å². The number of aryl methyl sites for hydroxylation is 1. The molecule has 2 heterocycles. The van der Waals surface area contributed by atoms with Crippen molar-refractivity contribution < 1.29 is 14.3 Å². The number of carbonyl (C=O) groups is 2. The van der Waals surface area contributed by atoms with Gasteiger partial charge in [0.05, 0.1) is 18.2 Å². The molecule has 0 saturated carbocycles. The van der Waals surface area contributed by atoms with E-state index >= 15 is 0 Å². The van der Waals surface area contributed by atoms with Gasteiger partial charge in [-0.25, -0.2) is 4.79 Å². The van der Waals surface area contributed by atoms with E-state index in [1.807, 2.05) is 56.3 Å². The second-order valence-electron chi connectivity index (χ2n) is 8.39. The molecule has 0 bridgehead atoms. The summed E-state index contributed by atoms with van der Waals surface area (Å²) >= 11 is 6.19. The van der Waals surface area contributed by atoms with E-state index < -0.39 is 0 Å². The lowest BCUT2D eigenvalue weighted by atomic mass is 9.97. The van der Waals surface area contributed by atoms with Crippen LogP contribution in [0.3, 0.4) is 0 Å². The molecule has 7 heteroatoms. The van der Waals surface area contributed by atoms with Crippen molar-refractivity contribution in [3.63, 3.8) is 0 Å². The SMILES string of the molecule is Cc1ccc2c(c1)N(C(=O)N1CCC[C@H](C(=O)NCc3ccccc3Cl)C1)C[C@H](C)O2. The monoisotopic (exact) mass is 441 g/mol. The van der Waals surface area contributed by atoms with Crippen LogP contribution in [0.2, 0.25) is 5.02 Å². The highest BCUT2D eigenvalue weighted by Crippen LogP contribution is 2.35. The normalized spacial score (nSPS) is 20.6. The Morgan fingerprint density at radius 3 is 2.81 bits per heavy atom. The van der Waals surface area contributed by atoms with Gasteiger partial charge in [-0.05, 0) is 56.0 Å². The Morgan fingerprint density at radius 1 is 1.19 bits per heavy atom. The zero-order chi connectivity index (χ0) is 22.0. The van der Waals surface area contributed by atoms with Gasteiger partial charge in [-0.1, -0.05) is 35.9 Å². The molecule has 0 unspecified atom stereocenters. The van der Waals surface area contributed by atoms with Crippen molar-refractivity contribution in [2.45, 2.75) is 39.3 Å². The van der Waals surface area contributed by atoms with Crippen molar-refractivity contribution in [1.82, 2.24) is 10.2 Å². The topological polar surface area (TPSA) is 61.9 Å². The fourth-order valence-electron chi connectivity index (χ4n) is 4.23. The molecule has 0 spiro atoms. The van der Waals surface area contributed by atoms with Crippen LogP contribution in [0.15, 0.2) is 42.5 Å². The third-order valence-corrected chi connectivity index (χ3v) is 6.25. The molecule has 2 atom stereocenters. The highest BCUT2D eigenvalue weighted by molar-refractivity contribution is 6.31. The number of nitrogens with zero attached hydrogens (tertiary/aromatic N) is 2. The first kappa shape index (κ1) is 21.5. The zero-order valence-corrected chi connectivity index (χ0v) is 18.7. The number of fused-ring (bicyclic) bond motifs is 1. The summed E-state index contributed by atoms with van der Waals surface area (Å²) in [6.07, 6.45) is 1.49. The average molecular weight is 442 g/mol. The second kappa shape index (κ2) is 9.18. The molecular weight excluding hydrogens is 414 g/mol. The molecule has 164 valence electrons. The summed E-state index contributed by atoms with van der Waals surface area (Å²) < 4.78 is 5.91. The number of nitrogens with one attached hydrogen (secondary N) is 1. The molecule has 0 aliphatic carbocycles. The van der Waals surface area contributed by atoms with Gasteiger partial charge in [0, 0.05) is 24.7 Å². The summed E-state index contributed by atoms with van der Waals surface area (Å²) in [5.41, 5.74) is 2.76. The fraction of sp³-hybridized carbons (Fsp3) is 0.417. The quantitative estimate of drug-likeness (QED) is 0.768. The molecule has 2 aliphatic heterocycles. The Hall–Kier alpha value is -2.73. The number of carbonyl (C=O) groups excluding carboxylic acids is 2. The van der Waals surface area contributed by atoms with E-state index in [1.54, 1.807) is 9.80 Å². The maximum absolute atomic E-state index is 13.4. The number of hydrogen-bond acceptors (Lipinski definition) is 3. The largest absolute Gasteiger partial charge is 0.487 e. The Bertz CT molecular complexity index is 980. The number of likely N-dealkylation sites (tertiary alicyclic amines) is 1. The van der Waals surface area contributed by atoms with Crippen LogP contribution in [0.5, 0.6) is 5.75 Å². The minimum Gasteiger partial charge on any atom is -0.487 e. The molecule has 4 rings (SSSR count). The molecule has 3 amide bonds. The zero-order valence-electron chi connectivity index (χ0n) is 17.9.